The number of nitrogens with zero attached hydrogens (tertiary/aromatic N) is 1. The zero-order chi connectivity index (χ0) is 13.1. The third-order valence-corrected chi connectivity index (χ3v) is 2.75. The summed E-state index contributed by atoms with van der Waals surface area (Å²) < 4.78 is 13.7. The molecule has 2 aromatic carbocycles. The van der Waals surface area contributed by atoms with E-state index in [1.165, 1.54) is 12.1 Å². The number of benzene rings is 2. The van der Waals surface area contributed by atoms with Crippen LogP contribution in [0, 0.1) is 17.1 Å². The third kappa shape index (κ3) is 2.36. The van der Waals surface area contributed by atoms with E-state index < -0.39 is 5.82 Å². The minimum atomic E-state index is -0.520. The van der Waals surface area contributed by atoms with E-state index >= 15 is 0 Å². The van der Waals surface area contributed by atoms with Gasteiger partial charge in [0.1, 0.15) is 5.82 Å². The lowest BCUT2D eigenvalue weighted by Crippen LogP contribution is -1.99. The van der Waals surface area contributed by atoms with Crippen LogP contribution in [0.3, 0.4) is 0 Å². The molecule has 0 heterocycles. The van der Waals surface area contributed by atoms with Gasteiger partial charge in [-0.15, -0.1) is 0 Å². The number of rotatable bonds is 2. The second-order valence-electron chi connectivity index (χ2n) is 3.63. The van der Waals surface area contributed by atoms with Crippen LogP contribution < -0.4 is 11.1 Å². The highest BCUT2D eigenvalue weighted by molar-refractivity contribution is 6.33. The van der Waals surface area contributed by atoms with E-state index in [-0.39, 0.29) is 11.3 Å². The molecule has 0 saturated carbocycles. The lowest BCUT2D eigenvalue weighted by atomic mass is 10.2. The smallest absolute Gasteiger partial charge is 0.147 e. The first-order valence-electron chi connectivity index (χ1n) is 5.12. The number of halogens is 2. The average molecular weight is 262 g/mol. The van der Waals surface area contributed by atoms with Crippen molar-refractivity contribution in [3.05, 3.63) is 52.8 Å². The van der Waals surface area contributed by atoms with Crippen LogP contribution in [0.4, 0.5) is 21.5 Å². The second kappa shape index (κ2) is 4.94. The second-order valence-corrected chi connectivity index (χ2v) is 4.04. The lowest BCUT2D eigenvalue weighted by Gasteiger charge is -2.11. The molecule has 90 valence electrons. The molecule has 0 fully saturated rings. The maximum absolute atomic E-state index is 13.7. The predicted molar refractivity (Wildman–Crippen MR) is 70.3 cm³/mol. The molecule has 0 spiro atoms. The summed E-state index contributed by atoms with van der Waals surface area (Å²) in [4.78, 5) is 0. The Hall–Kier alpha value is -2.25. The highest BCUT2D eigenvalue weighted by atomic mass is 35.5. The van der Waals surface area contributed by atoms with E-state index in [4.69, 9.17) is 22.6 Å². The summed E-state index contributed by atoms with van der Waals surface area (Å²) >= 11 is 5.87. The molecule has 0 bridgehead atoms. The largest absolute Gasteiger partial charge is 0.396 e. The summed E-state index contributed by atoms with van der Waals surface area (Å²) in [5.74, 6) is -0.520. The van der Waals surface area contributed by atoms with Gasteiger partial charge >= 0.3 is 0 Å². The molecule has 0 radical (unpaired) electrons. The highest BCUT2D eigenvalue weighted by Crippen LogP contribution is 2.30. The molecule has 5 heteroatoms. The molecular formula is C13H9ClFN3. The van der Waals surface area contributed by atoms with Crippen molar-refractivity contribution in [2.45, 2.75) is 0 Å². The molecule has 0 aliphatic rings. The summed E-state index contributed by atoms with van der Waals surface area (Å²) in [5.41, 5.74) is 7.14. The Morgan fingerprint density at radius 1 is 1.22 bits per heavy atom. The summed E-state index contributed by atoms with van der Waals surface area (Å²) in [7, 11) is 0. The van der Waals surface area contributed by atoms with E-state index in [1.807, 2.05) is 6.07 Å². The van der Waals surface area contributed by atoms with Gasteiger partial charge in [-0.1, -0.05) is 17.7 Å². The van der Waals surface area contributed by atoms with Gasteiger partial charge in [-0.3, -0.25) is 0 Å². The molecule has 0 saturated heterocycles. The molecule has 0 atom stereocenters. The molecule has 2 aromatic rings. The molecule has 2 rings (SSSR count). The van der Waals surface area contributed by atoms with Gasteiger partial charge in [0, 0.05) is 0 Å². The third-order valence-electron chi connectivity index (χ3n) is 2.42. The number of nitrogens with one attached hydrogen (secondary N) is 1. The first kappa shape index (κ1) is 12.2. The zero-order valence-corrected chi connectivity index (χ0v) is 10.0. The topological polar surface area (TPSA) is 61.8 Å². The molecule has 3 nitrogen and oxygen atoms in total. The zero-order valence-electron chi connectivity index (χ0n) is 9.24. The van der Waals surface area contributed by atoms with Crippen LogP contribution in [0.5, 0.6) is 0 Å². The van der Waals surface area contributed by atoms with Crippen LogP contribution in [0.15, 0.2) is 36.4 Å². The number of nitrogens with two attached hydrogens (primary N) is 1. The molecule has 0 aliphatic carbocycles. The van der Waals surface area contributed by atoms with Gasteiger partial charge in [0.05, 0.1) is 33.7 Å². The monoisotopic (exact) mass is 261 g/mol. The quantitative estimate of drug-likeness (QED) is 0.811. The highest BCUT2D eigenvalue weighted by Gasteiger charge is 2.07. The number of hydrogen-bond acceptors (Lipinski definition) is 3. The minimum absolute atomic E-state index is 0.239. The Bertz CT molecular complexity index is 635. The van der Waals surface area contributed by atoms with Gasteiger partial charge in [0.25, 0.3) is 0 Å². The normalized spacial score (nSPS) is 9.83. The van der Waals surface area contributed by atoms with Crippen molar-refractivity contribution in [1.29, 1.82) is 5.26 Å². The number of nitrogen functional groups attached to an aromatic ring is 1. The molecule has 3 N–H and O–H groups in total. The predicted octanol–water partition coefficient (Wildman–Crippen LogP) is 3.68. The maximum Gasteiger partial charge on any atom is 0.147 e. The Morgan fingerprint density at radius 3 is 2.67 bits per heavy atom. The van der Waals surface area contributed by atoms with Gasteiger partial charge < -0.3 is 11.1 Å². The van der Waals surface area contributed by atoms with Crippen molar-refractivity contribution in [2.75, 3.05) is 11.1 Å². The first-order valence-corrected chi connectivity index (χ1v) is 5.50. The van der Waals surface area contributed by atoms with Gasteiger partial charge in [0.15, 0.2) is 0 Å². The summed E-state index contributed by atoms with van der Waals surface area (Å²) in [6.07, 6.45) is 0. The van der Waals surface area contributed by atoms with Crippen molar-refractivity contribution < 1.29 is 4.39 Å². The lowest BCUT2D eigenvalue weighted by molar-refractivity contribution is 0.631. The Labute approximate surface area is 109 Å². The molecular weight excluding hydrogens is 253 g/mol. The number of para-hydroxylation sites is 1. The molecule has 0 aliphatic heterocycles. The van der Waals surface area contributed by atoms with Crippen LogP contribution in [-0.4, -0.2) is 0 Å². The van der Waals surface area contributed by atoms with Crippen molar-refractivity contribution in [1.82, 2.24) is 0 Å². The van der Waals surface area contributed by atoms with E-state index in [9.17, 15) is 4.39 Å². The van der Waals surface area contributed by atoms with Crippen LogP contribution in [0.2, 0.25) is 5.02 Å². The number of nitriles is 1. The summed E-state index contributed by atoms with van der Waals surface area (Å²) in [6, 6.07) is 11.1. The van der Waals surface area contributed by atoms with Gasteiger partial charge in [-0.2, -0.15) is 5.26 Å². The van der Waals surface area contributed by atoms with Gasteiger partial charge in [-0.05, 0) is 30.3 Å². The Balaban J connectivity index is 2.35. The summed E-state index contributed by atoms with van der Waals surface area (Å²) in [6.45, 7) is 0. The minimum Gasteiger partial charge on any atom is -0.396 e. The fourth-order valence-corrected chi connectivity index (χ4v) is 1.65. The van der Waals surface area contributed by atoms with Crippen LogP contribution in [0.25, 0.3) is 0 Å². The Kier molecular flexibility index (Phi) is 3.35. The standard InChI is InChI=1S/C13H9ClFN3/c14-9-2-1-3-12(13(9)17)18-11-5-4-8(7-16)6-10(11)15/h1-6,18H,17H2. The number of hydrogen-bond donors (Lipinski definition) is 2. The molecule has 0 aromatic heterocycles. The van der Waals surface area contributed by atoms with E-state index in [1.54, 1.807) is 18.2 Å². The van der Waals surface area contributed by atoms with Crippen molar-refractivity contribution in [3.63, 3.8) is 0 Å². The fraction of sp³-hybridized carbons (Fsp3) is 0. The van der Waals surface area contributed by atoms with Crippen LogP contribution in [-0.2, 0) is 0 Å². The first-order chi connectivity index (χ1) is 8.61. The maximum atomic E-state index is 13.7. The van der Waals surface area contributed by atoms with Gasteiger partial charge in [0.2, 0.25) is 0 Å². The van der Waals surface area contributed by atoms with E-state index in [0.717, 1.165) is 6.07 Å². The van der Waals surface area contributed by atoms with Crippen molar-refractivity contribution in [3.8, 4) is 6.07 Å². The average Bonchev–Trinajstić information content (AvgIpc) is 2.37. The van der Waals surface area contributed by atoms with Crippen molar-refractivity contribution in [2.24, 2.45) is 0 Å². The molecule has 18 heavy (non-hydrogen) atoms. The molecule has 0 amide bonds. The fourth-order valence-electron chi connectivity index (χ4n) is 1.48. The SMILES string of the molecule is N#Cc1ccc(Nc2cccc(Cl)c2N)c(F)c1. The van der Waals surface area contributed by atoms with E-state index in [2.05, 4.69) is 5.32 Å². The summed E-state index contributed by atoms with van der Waals surface area (Å²) in [5, 5.41) is 11.9. The van der Waals surface area contributed by atoms with Crippen molar-refractivity contribution >= 4 is 28.7 Å². The Morgan fingerprint density at radius 2 is 2.00 bits per heavy atom. The van der Waals surface area contributed by atoms with Gasteiger partial charge in [-0.25, -0.2) is 4.39 Å². The van der Waals surface area contributed by atoms with Crippen LogP contribution in [0.1, 0.15) is 5.56 Å². The number of anilines is 3. The van der Waals surface area contributed by atoms with Crippen LogP contribution >= 0.6 is 11.6 Å². The molecule has 0 unspecified atom stereocenters. The van der Waals surface area contributed by atoms with E-state index in [0.29, 0.717) is 16.4 Å².